The summed E-state index contributed by atoms with van der Waals surface area (Å²) < 4.78 is 0. The molecular formula is C20H26N4O. The number of likely N-dealkylation sites (tertiary alicyclic amines) is 2. The molecule has 0 aromatic heterocycles. The molecular weight excluding hydrogens is 312 g/mol. The lowest BCUT2D eigenvalue weighted by Gasteiger charge is -2.43. The molecule has 1 saturated carbocycles. The van der Waals surface area contributed by atoms with Crippen molar-refractivity contribution in [2.45, 2.75) is 31.2 Å². The van der Waals surface area contributed by atoms with E-state index in [1.54, 1.807) is 0 Å². The molecule has 4 rings (SSSR count). The molecule has 1 aromatic rings. The van der Waals surface area contributed by atoms with Crippen molar-refractivity contribution in [2.24, 2.45) is 11.8 Å². The van der Waals surface area contributed by atoms with Crippen LogP contribution < -0.4 is 5.32 Å². The third-order valence-electron chi connectivity index (χ3n) is 5.86. The van der Waals surface area contributed by atoms with E-state index in [1.807, 2.05) is 9.80 Å². The lowest BCUT2D eigenvalue weighted by molar-refractivity contribution is 0.0821. The van der Waals surface area contributed by atoms with Crippen molar-refractivity contribution in [3.05, 3.63) is 35.9 Å². The van der Waals surface area contributed by atoms with Crippen LogP contribution in [0.5, 0.6) is 0 Å². The Hall–Kier alpha value is -2.06. The third-order valence-corrected chi connectivity index (χ3v) is 5.86. The summed E-state index contributed by atoms with van der Waals surface area (Å²) in [6, 6.07) is 13.8. The van der Waals surface area contributed by atoms with E-state index in [0.717, 1.165) is 45.6 Å². The molecule has 3 aliphatic rings. The van der Waals surface area contributed by atoms with Crippen LogP contribution in [0.4, 0.5) is 4.79 Å². The highest BCUT2D eigenvalue weighted by atomic mass is 16.2. The van der Waals surface area contributed by atoms with Gasteiger partial charge in [0.05, 0.1) is 6.07 Å². The first-order valence-corrected chi connectivity index (χ1v) is 9.46. The minimum Gasteiger partial charge on any atom is -0.325 e. The number of nitriles is 1. The molecule has 5 heteroatoms. The molecule has 5 nitrogen and oxygen atoms in total. The minimum atomic E-state index is 0.133. The molecule has 3 fully saturated rings. The number of nitrogens with one attached hydrogen (secondary N) is 1. The summed E-state index contributed by atoms with van der Waals surface area (Å²) in [5.41, 5.74) is 1.44. The summed E-state index contributed by atoms with van der Waals surface area (Å²) in [7, 11) is 0. The molecule has 2 heterocycles. The van der Waals surface area contributed by atoms with Crippen molar-refractivity contribution in [1.82, 2.24) is 15.1 Å². The Morgan fingerprint density at radius 1 is 1.16 bits per heavy atom. The standard InChI is InChI=1S/C20H26N4O/c21-11-15-6-8-23(9-7-15)20(25)24-13-16(14-24)12-22-19-10-18(19)17-4-2-1-3-5-17/h1-5,15-16,18-19,22H,6-10,12-14H2. The molecule has 2 atom stereocenters. The highest BCUT2D eigenvalue weighted by Crippen LogP contribution is 2.40. The second kappa shape index (κ2) is 7.05. The van der Waals surface area contributed by atoms with Gasteiger partial charge in [-0.2, -0.15) is 5.26 Å². The molecule has 0 radical (unpaired) electrons. The van der Waals surface area contributed by atoms with Crippen LogP contribution in [-0.4, -0.2) is 54.6 Å². The van der Waals surface area contributed by atoms with Crippen LogP contribution in [0.2, 0.25) is 0 Å². The van der Waals surface area contributed by atoms with Crippen LogP contribution in [0.1, 0.15) is 30.7 Å². The SMILES string of the molecule is N#CC1CCN(C(=O)N2CC(CNC3CC3c3ccccc3)C2)CC1. The fraction of sp³-hybridized carbons (Fsp3) is 0.600. The summed E-state index contributed by atoms with van der Waals surface area (Å²) in [6.07, 6.45) is 2.88. The van der Waals surface area contributed by atoms with Gasteiger partial charge in [-0.25, -0.2) is 4.79 Å². The van der Waals surface area contributed by atoms with Crippen LogP contribution in [0.25, 0.3) is 0 Å². The van der Waals surface area contributed by atoms with Crippen LogP contribution in [-0.2, 0) is 0 Å². The Balaban J connectivity index is 1.14. The zero-order valence-corrected chi connectivity index (χ0v) is 14.6. The van der Waals surface area contributed by atoms with Gasteiger partial charge in [0.15, 0.2) is 0 Å². The topological polar surface area (TPSA) is 59.4 Å². The maximum Gasteiger partial charge on any atom is 0.320 e. The van der Waals surface area contributed by atoms with Crippen molar-refractivity contribution in [1.29, 1.82) is 5.26 Å². The predicted octanol–water partition coefficient (Wildman–Crippen LogP) is 2.42. The fourth-order valence-electron chi connectivity index (χ4n) is 4.06. The van der Waals surface area contributed by atoms with Gasteiger partial charge in [0.25, 0.3) is 0 Å². The van der Waals surface area contributed by atoms with Gasteiger partial charge in [-0.15, -0.1) is 0 Å². The number of benzene rings is 1. The largest absolute Gasteiger partial charge is 0.325 e. The minimum absolute atomic E-state index is 0.133. The van der Waals surface area contributed by atoms with E-state index in [9.17, 15) is 4.79 Å². The van der Waals surface area contributed by atoms with E-state index in [0.29, 0.717) is 17.9 Å². The number of carbonyl (C=O) groups is 1. The second-order valence-electron chi connectivity index (χ2n) is 7.71. The van der Waals surface area contributed by atoms with Crippen molar-refractivity contribution < 1.29 is 4.79 Å². The van der Waals surface area contributed by atoms with Gasteiger partial charge in [0.1, 0.15) is 0 Å². The number of urea groups is 1. The first-order chi connectivity index (χ1) is 12.2. The molecule has 1 aromatic carbocycles. The second-order valence-corrected chi connectivity index (χ2v) is 7.71. The number of hydrogen-bond donors (Lipinski definition) is 1. The number of hydrogen-bond acceptors (Lipinski definition) is 3. The zero-order valence-electron chi connectivity index (χ0n) is 14.6. The normalized spacial score (nSPS) is 26.8. The molecule has 2 saturated heterocycles. The molecule has 2 unspecified atom stereocenters. The van der Waals surface area contributed by atoms with Crippen molar-refractivity contribution in [2.75, 3.05) is 32.7 Å². The molecule has 2 amide bonds. The maximum absolute atomic E-state index is 12.5. The first-order valence-electron chi connectivity index (χ1n) is 9.46. The van der Waals surface area contributed by atoms with E-state index in [-0.39, 0.29) is 11.9 Å². The van der Waals surface area contributed by atoms with Gasteiger partial charge >= 0.3 is 6.03 Å². The van der Waals surface area contributed by atoms with Gasteiger partial charge in [-0.3, -0.25) is 0 Å². The summed E-state index contributed by atoms with van der Waals surface area (Å²) in [6.45, 7) is 4.21. The molecule has 1 N–H and O–H groups in total. The van der Waals surface area contributed by atoms with E-state index in [1.165, 1.54) is 12.0 Å². The summed E-state index contributed by atoms with van der Waals surface area (Å²) in [4.78, 5) is 16.3. The molecule has 0 bridgehead atoms. The Kier molecular flexibility index (Phi) is 4.63. The highest BCUT2D eigenvalue weighted by Gasteiger charge is 2.40. The van der Waals surface area contributed by atoms with E-state index in [4.69, 9.17) is 5.26 Å². The highest BCUT2D eigenvalue weighted by molar-refractivity contribution is 5.75. The van der Waals surface area contributed by atoms with Gasteiger partial charge < -0.3 is 15.1 Å². The maximum atomic E-state index is 12.5. The number of carbonyl (C=O) groups excluding carboxylic acids is 1. The monoisotopic (exact) mass is 338 g/mol. The van der Waals surface area contributed by atoms with Crippen LogP contribution in [0.15, 0.2) is 30.3 Å². The lowest BCUT2D eigenvalue weighted by Crippen LogP contribution is -2.58. The number of nitrogens with zero attached hydrogens (tertiary/aromatic N) is 3. The molecule has 2 aliphatic heterocycles. The van der Waals surface area contributed by atoms with Crippen molar-refractivity contribution >= 4 is 6.03 Å². The fourth-order valence-corrected chi connectivity index (χ4v) is 4.06. The number of piperidine rings is 1. The van der Waals surface area contributed by atoms with Crippen molar-refractivity contribution in [3.8, 4) is 6.07 Å². The van der Waals surface area contributed by atoms with Crippen LogP contribution in [0, 0.1) is 23.2 Å². The Morgan fingerprint density at radius 2 is 1.88 bits per heavy atom. The Labute approximate surface area is 149 Å². The molecule has 0 spiro atoms. The molecule has 132 valence electrons. The lowest BCUT2D eigenvalue weighted by atomic mass is 9.97. The van der Waals surface area contributed by atoms with Crippen LogP contribution >= 0.6 is 0 Å². The van der Waals surface area contributed by atoms with Gasteiger partial charge in [0.2, 0.25) is 0 Å². The van der Waals surface area contributed by atoms with Gasteiger partial charge in [-0.1, -0.05) is 30.3 Å². The van der Waals surface area contributed by atoms with E-state index < -0.39 is 0 Å². The van der Waals surface area contributed by atoms with E-state index in [2.05, 4.69) is 41.7 Å². The third kappa shape index (κ3) is 3.64. The number of amides is 2. The molecule has 1 aliphatic carbocycles. The van der Waals surface area contributed by atoms with Crippen LogP contribution in [0.3, 0.4) is 0 Å². The average molecular weight is 338 g/mol. The van der Waals surface area contributed by atoms with Gasteiger partial charge in [0, 0.05) is 56.5 Å². The van der Waals surface area contributed by atoms with E-state index >= 15 is 0 Å². The smallest absolute Gasteiger partial charge is 0.320 e. The zero-order chi connectivity index (χ0) is 17.2. The predicted molar refractivity (Wildman–Crippen MR) is 96.0 cm³/mol. The van der Waals surface area contributed by atoms with Crippen molar-refractivity contribution in [3.63, 3.8) is 0 Å². The quantitative estimate of drug-likeness (QED) is 0.917. The number of rotatable bonds is 4. The summed E-state index contributed by atoms with van der Waals surface area (Å²) in [5.74, 6) is 1.38. The first kappa shape index (κ1) is 16.4. The Bertz CT molecular complexity index is 641. The van der Waals surface area contributed by atoms with Gasteiger partial charge in [-0.05, 0) is 24.8 Å². The summed E-state index contributed by atoms with van der Waals surface area (Å²) in [5, 5.41) is 12.6. The Morgan fingerprint density at radius 3 is 2.56 bits per heavy atom. The average Bonchev–Trinajstić information content (AvgIpc) is 3.40. The summed E-state index contributed by atoms with van der Waals surface area (Å²) >= 11 is 0. The molecule has 25 heavy (non-hydrogen) atoms.